The fourth-order valence-corrected chi connectivity index (χ4v) is 9.32. The first-order valence-corrected chi connectivity index (χ1v) is 22.4. The highest BCUT2D eigenvalue weighted by Gasteiger charge is 2.25. The van der Waals surface area contributed by atoms with Gasteiger partial charge in [0.25, 0.3) is 0 Å². The first-order chi connectivity index (χ1) is 32.7. The van der Waals surface area contributed by atoms with Crippen LogP contribution in [0.4, 0.5) is 34.1 Å². The van der Waals surface area contributed by atoms with E-state index in [4.69, 9.17) is 9.98 Å². The van der Waals surface area contributed by atoms with Gasteiger partial charge >= 0.3 is 0 Å². The number of anilines is 6. The number of para-hydroxylation sites is 3. The molecular formula is C61H43N5. The highest BCUT2D eigenvalue weighted by atomic mass is 15.2. The van der Waals surface area contributed by atoms with Crippen molar-refractivity contribution in [2.75, 3.05) is 9.80 Å². The van der Waals surface area contributed by atoms with Gasteiger partial charge in [0.1, 0.15) is 12.0 Å². The van der Waals surface area contributed by atoms with Gasteiger partial charge in [-0.25, -0.2) is 9.98 Å². The molecule has 0 fully saturated rings. The Balaban J connectivity index is 0.872. The van der Waals surface area contributed by atoms with Crippen LogP contribution in [0, 0.1) is 0 Å². The van der Waals surface area contributed by atoms with Crippen LogP contribution in [0.1, 0.15) is 45.1 Å². The number of nitrogens with one attached hydrogen (secondary N) is 1. The van der Waals surface area contributed by atoms with E-state index in [1.54, 1.807) is 0 Å². The Morgan fingerprint density at radius 3 is 1.35 bits per heavy atom. The SMILES string of the molecule is C1=Cc2cc(-c3cccc(-c4ccc5c(c4)C=Cc4ccccc4N5c4ccc(C5N=C(c6ccccc6)N=C(c6ccccc6)N5)cc4)c3)ccc2N(c2ccccc2)c2ccccc21. The fraction of sp³-hybridized carbons (Fsp3) is 0.0164. The van der Waals surface area contributed by atoms with Crippen LogP contribution in [-0.2, 0) is 0 Å². The van der Waals surface area contributed by atoms with Gasteiger partial charge in [-0.2, -0.15) is 0 Å². The fourth-order valence-electron chi connectivity index (χ4n) is 9.32. The van der Waals surface area contributed by atoms with Crippen molar-refractivity contribution in [2.45, 2.75) is 6.17 Å². The Morgan fingerprint density at radius 1 is 0.333 bits per heavy atom. The van der Waals surface area contributed by atoms with E-state index in [2.05, 4.69) is 227 Å². The van der Waals surface area contributed by atoms with Gasteiger partial charge in [-0.1, -0.05) is 182 Å². The monoisotopic (exact) mass is 845 g/mol. The molecule has 3 aliphatic rings. The van der Waals surface area contributed by atoms with Crippen molar-refractivity contribution < 1.29 is 0 Å². The van der Waals surface area contributed by atoms with Gasteiger partial charge in [0, 0.05) is 22.5 Å². The quantitative estimate of drug-likeness (QED) is 0.174. The molecule has 9 aromatic rings. The smallest absolute Gasteiger partial charge is 0.159 e. The van der Waals surface area contributed by atoms with Crippen molar-refractivity contribution in [1.82, 2.24) is 5.32 Å². The molecule has 0 aromatic heterocycles. The van der Waals surface area contributed by atoms with E-state index < -0.39 is 0 Å². The average Bonchev–Trinajstić information content (AvgIpc) is 3.67. The molecule has 5 heteroatoms. The molecule has 9 aromatic carbocycles. The van der Waals surface area contributed by atoms with Crippen LogP contribution >= 0.6 is 0 Å². The first-order valence-electron chi connectivity index (χ1n) is 22.4. The molecule has 1 unspecified atom stereocenters. The molecular weight excluding hydrogens is 803 g/mol. The summed E-state index contributed by atoms with van der Waals surface area (Å²) in [6, 6.07) is 79.7. The predicted octanol–water partition coefficient (Wildman–Crippen LogP) is 15.4. The molecule has 5 nitrogen and oxygen atoms in total. The number of hydrogen-bond donors (Lipinski definition) is 1. The molecule has 0 saturated heterocycles. The second-order valence-electron chi connectivity index (χ2n) is 16.7. The lowest BCUT2D eigenvalue weighted by Crippen LogP contribution is -2.33. The number of aliphatic imine (C=N–C) groups is 2. The zero-order valence-electron chi connectivity index (χ0n) is 36.0. The Bertz CT molecular complexity index is 3390. The van der Waals surface area contributed by atoms with Crippen LogP contribution in [0.15, 0.2) is 234 Å². The molecule has 3 aliphatic heterocycles. The van der Waals surface area contributed by atoms with Gasteiger partial charge in [-0.3, -0.25) is 0 Å². The van der Waals surface area contributed by atoms with Crippen molar-refractivity contribution in [1.29, 1.82) is 0 Å². The number of benzene rings is 9. The van der Waals surface area contributed by atoms with Crippen molar-refractivity contribution in [3.05, 3.63) is 263 Å². The van der Waals surface area contributed by atoms with Crippen molar-refractivity contribution in [2.24, 2.45) is 9.98 Å². The highest BCUT2D eigenvalue weighted by Crippen LogP contribution is 2.45. The third-order valence-electron chi connectivity index (χ3n) is 12.6. The molecule has 66 heavy (non-hydrogen) atoms. The lowest BCUT2D eigenvalue weighted by molar-refractivity contribution is 0.674. The third-order valence-corrected chi connectivity index (χ3v) is 12.6. The van der Waals surface area contributed by atoms with Crippen LogP contribution < -0.4 is 15.1 Å². The summed E-state index contributed by atoms with van der Waals surface area (Å²) in [5.41, 5.74) is 19.2. The van der Waals surface area contributed by atoms with Crippen LogP contribution in [0.2, 0.25) is 0 Å². The van der Waals surface area contributed by atoms with Gasteiger partial charge < -0.3 is 15.1 Å². The molecule has 0 amide bonds. The summed E-state index contributed by atoms with van der Waals surface area (Å²) >= 11 is 0. The highest BCUT2D eigenvalue weighted by molar-refractivity contribution is 6.13. The number of amidine groups is 2. The summed E-state index contributed by atoms with van der Waals surface area (Å²) in [7, 11) is 0. The van der Waals surface area contributed by atoms with Gasteiger partial charge in [0.05, 0.1) is 22.7 Å². The standard InChI is InChI=1S/C61H43N5/c1-4-17-44(18-5-1)59-62-60(45-19-6-2-7-20-45)64-61(63-59)46-31-35-54(36-32-46)66-56-26-13-11-16-43(56)28-30-52-41-50(34-38-58(52)66)48-22-14-21-47(39-48)49-33-37-57-51(40-49)29-27-42-15-10-12-25-55(42)65(57)53-23-8-3-9-24-53/h1-41,61H,(H,62,63,64). The molecule has 0 saturated carbocycles. The van der Waals surface area contributed by atoms with E-state index in [9.17, 15) is 0 Å². The van der Waals surface area contributed by atoms with Crippen molar-refractivity contribution >= 4 is 70.1 Å². The van der Waals surface area contributed by atoms with Gasteiger partial charge in [0.15, 0.2) is 5.84 Å². The Hall–Kier alpha value is -8.80. The Morgan fingerprint density at radius 2 is 0.773 bits per heavy atom. The minimum atomic E-state index is -0.311. The second-order valence-corrected chi connectivity index (χ2v) is 16.7. The maximum absolute atomic E-state index is 5.13. The topological polar surface area (TPSA) is 43.2 Å². The van der Waals surface area contributed by atoms with Gasteiger partial charge in [-0.15, -0.1) is 0 Å². The van der Waals surface area contributed by atoms with Crippen LogP contribution in [0.25, 0.3) is 46.6 Å². The van der Waals surface area contributed by atoms with Crippen LogP contribution in [0.5, 0.6) is 0 Å². The van der Waals surface area contributed by atoms with E-state index in [0.29, 0.717) is 5.84 Å². The summed E-state index contributed by atoms with van der Waals surface area (Å²) < 4.78 is 0. The van der Waals surface area contributed by atoms with Crippen molar-refractivity contribution in [3.8, 4) is 22.3 Å². The minimum absolute atomic E-state index is 0.311. The summed E-state index contributed by atoms with van der Waals surface area (Å²) in [5.74, 6) is 1.51. The molecule has 12 rings (SSSR count). The zero-order chi connectivity index (χ0) is 43.8. The molecule has 0 radical (unpaired) electrons. The molecule has 1 atom stereocenters. The first kappa shape index (κ1) is 38.8. The second kappa shape index (κ2) is 16.7. The predicted molar refractivity (Wildman–Crippen MR) is 276 cm³/mol. The number of fused-ring (bicyclic) bond motifs is 4. The zero-order valence-corrected chi connectivity index (χ0v) is 36.0. The lowest BCUT2D eigenvalue weighted by atomic mass is 9.95. The van der Waals surface area contributed by atoms with Crippen LogP contribution in [0.3, 0.4) is 0 Å². The number of nitrogens with zero attached hydrogens (tertiary/aromatic N) is 4. The van der Waals surface area contributed by atoms with Gasteiger partial charge in [0.2, 0.25) is 0 Å². The molecule has 312 valence electrons. The lowest BCUT2D eigenvalue weighted by Gasteiger charge is -2.28. The summed E-state index contributed by atoms with van der Waals surface area (Å²) in [6.07, 6.45) is 8.66. The normalized spacial score (nSPS) is 14.6. The molecule has 0 aliphatic carbocycles. The maximum Gasteiger partial charge on any atom is 0.159 e. The Kier molecular flexibility index (Phi) is 9.84. The largest absolute Gasteiger partial charge is 0.344 e. The molecule has 0 bridgehead atoms. The summed E-state index contributed by atoms with van der Waals surface area (Å²) in [5, 5.41) is 3.62. The summed E-state index contributed by atoms with van der Waals surface area (Å²) in [6.45, 7) is 0. The van der Waals surface area contributed by atoms with Gasteiger partial charge in [-0.05, 0) is 117 Å². The minimum Gasteiger partial charge on any atom is -0.344 e. The van der Waals surface area contributed by atoms with E-state index in [-0.39, 0.29) is 6.17 Å². The molecule has 1 N–H and O–H groups in total. The van der Waals surface area contributed by atoms with Crippen LogP contribution in [-0.4, -0.2) is 11.7 Å². The molecule has 0 spiro atoms. The number of rotatable bonds is 7. The number of hydrogen-bond acceptors (Lipinski definition) is 5. The van der Waals surface area contributed by atoms with Crippen molar-refractivity contribution in [3.63, 3.8) is 0 Å². The third kappa shape index (κ3) is 7.28. The van der Waals surface area contributed by atoms with E-state index in [1.165, 1.54) is 33.5 Å². The van der Waals surface area contributed by atoms with E-state index in [1.807, 2.05) is 36.4 Å². The molecule has 3 heterocycles. The maximum atomic E-state index is 5.13. The van der Waals surface area contributed by atoms with E-state index in [0.717, 1.165) is 67.7 Å². The Labute approximate surface area is 385 Å². The average molecular weight is 846 g/mol. The van der Waals surface area contributed by atoms with E-state index >= 15 is 0 Å². The summed E-state index contributed by atoms with van der Waals surface area (Å²) in [4.78, 5) is 14.8.